The summed E-state index contributed by atoms with van der Waals surface area (Å²) in [5, 5.41) is 1.70. The minimum absolute atomic E-state index is 0.224. The highest BCUT2D eigenvalue weighted by atomic mass is 32.1. The lowest BCUT2D eigenvalue weighted by Crippen LogP contribution is -2.21. The van der Waals surface area contributed by atoms with Gasteiger partial charge in [-0.3, -0.25) is 14.9 Å². The zero-order chi connectivity index (χ0) is 8.85. The lowest BCUT2D eigenvalue weighted by molar-refractivity contribution is -0.124. The molecule has 11 heavy (non-hydrogen) atoms. The van der Waals surface area contributed by atoms with Crippen molar-refractivity contribution < 1.29 is 9.59 Å². The Morgan fingerprint density at radius 2 is 2.00 bits per heavy atom. The minimum Gasteiger partial charge on any atom is -0.295 e. The van der Waals surface area contributed by atoms with E-state index in [-0.39, 0.29) is 18.2 Å². The number of thiol groups is 1. The molecule has 1 fully saturated rings. The van der Waals surface area contributed by atoms with Gasteiger partial charge in [0.15, 0.2) is 0 Å². The number of imide groups is 1. The first-order valence-electron chi connectivity index (χ1n) is 3.63. The number of nitrogens with one attached hydrogen (secondary N) is 1. The van der Waals surface area contributed by atoms with E-state index in [1.165, 1.54) is 6.42 Å². The number of carbonyl (C=O) groups is 2. The topological polar surface area (TPSA) is 46.2 Å². The highest BCUT2D eigenvalue weighted by Crippen LogP contribution is 2.06. The Morgan fingerprint density at radius 1 is 1.55 bits per heavy atom. The summed E-state index contributed by atoms with van der Waals surface area (Å²) < 4.78 is 0. The maximum absolute atomic E-state index is 10.4. The first-order valence-corrected chi connectivity index (χ1v) is 4.15. The second-order valence-electron chi connectivity index (χ2n) is 2.34. The predicted octanol–water partition coefficient (Wildman–Crippen LogP) is 0.748. The molecule has 0 aromatic carbocycles. The normalized spacial score (nSPS) is 22.3. The third-order valence-corrected chi connectivity index (χ3v) is 1.36. The minimum atomic E-state index is -0.414. The highest BCUT2D eigenvalue weighted by Gasteiger charge is 2.26. The summed E-state index contributed by atoms with van der Waals surface area (Å²) in [7, 11) is 0. The van der Waals surface area contributed by atoms with Gasteiger partial charge in [-0.25, -0.2) is 0 Å². The average molecular weight is 175 g/mol. The molecule has 0 radical (unpaired) electrons. The molecule has 1 N–H and O–H groups in total. The molecule has 0 bridgehead atoms. The van der Waals surface area contributed by atoms with Gasteiger partial charge in [-0.05, 0) is 0 Å². The van der Waals surface area contributed by atoms with Gasteiger partial charge < -0.3 is 0 Å². The fourth-order valence-electron chi connectivity index (χ4n) is 0.540. The van der Waals surface area contributed by atoms with E-state index in [0.717, 1.165) is 0 Å². The van der Waals surface area contributed by atoms with Crippen molar-refractivity contribution in [1.82, 2.24) is 5.32 Å². The summed E-state index contributed by atoms with van der Waals surface area (Å²) in [6.45, 7) is 4.25. The van der Waals surface area contributed by atoms with Gasteiger partial charge in [-0.2, -0.15) is 12.6 Å². The molecular formula is C7H13NO2S. The molecule has 1 heterocycles. The van der Waals surface area contributed by atoms with Crippen LogP contribution in [0.25, 0.3) is 0 Å². The Labute approximate surface area is 72.0 Å². The van der Waals surface area contributed by atoms with Crippen molar-refractivity contribution in [2.75, 3.05) is 0 Å². The largest absolute Gasteiger partial charge is 0.295 e. The summed E-state index contributed by atoms with van der Waals surface area (Å²) in [4.78, 5) is 20.7. The molecule has 0 spiro atoms. The molecule has 3 nitrogen and oxygen atoms in total. The quantitative estimate of drug-likeness (QED) is 0.421. The maximum Gasteiger partial charge on any atom is 0.239 e. The highest BCUT2D eigenvalue weighted by molar-refractivity contribution is 7.81. The Hall–Kier alpha value is -0.510. The van der Waals surface area contributed by atoms with Crippen LogP contribution < -0.4 is 5.32 Å². The number of carbonyl (C=O) groups excluding carboxylic acids is 2. The number of amides is 2. The van der Waals surface area contributed by atoms with Gasteiger partial charge in [-0.15, -0.1) is 0 Å². The van der Waals surface area contributed by atoms with Crippen LogP contribution in [0, 0.1) is 0 Å². The van der Waals surface area contributed by atoms with Gasteiger partial charge in [0.05, 0.1) is 5.25 Å². The lowest BCUT2D eigenvalue weighted by Gasteiger charge is -1.87. The summed E-state index contributed by atoms with van der Waals surface area (Å²) in [5.41, 5.74) is 0. The Balaban J connectivity index is 0.000000292. The van der Waals surface area contributed by atoms with Gasteiger partial charge in [0.2, 0.25) is 11.8 Å². The van der Waals surface area contributed by atoms with Crippen LogP contribution in [0.15, 0.2) is 0 Å². The summed E-state index contributed by atoms with van der Waals surface area (Å²) in [6.07, 6.45) is 1.47. The average Bonchev–Trinajstić information content (AvgIpc) is 2.12. The zero-order valence-corrected chi connectivity index (χ0v) is 7.65. The second kappa shape index (κ2) is 5.18. The van der Waals surface area contributed by atoms with Crippen molar-refractivity contribution in [1.29, 1.82) is 0 Å². The Morgan fingerprint density at radius 3 is 2.09 bits per heavy atom. The molecule has 1 aliphatic rings. The van der Waals surface area contributed by atoms with Gasteiger partial charge >= 0.3 is 0 Å². The molecule has 2 amide bonds. The third-order valence-electron chi connectivity index (χ3n) is 0.944. The Kier molecular flexibility index (Phi) is 4.94. The standard InChI is InChI=1S/C4H5NO2S.C3H8/c6-3-1-2(8)4(7)5-3;1-3-2/h2,8H,1H2,(H,5,6,7);3H2,1-2H3. The molecule has 1 rings (SSSR count). The fraction of sp³-hybridized carbons (Fsp3) is 0.714. The molecule has 1 atom stereocenters. The van der Waals surface area contributed by atoms with Crippen LogP contribution in [0.3, 0.4) is 0 Å². The molecule has 0 aromatic heterocycles. The van der Waals surface area contributed by atoms with Crippen LogP contribution in [0.2, 0.25) is 0 Å². The van der Waals surface area contributed by atoms with Crippen LogP contribution in [0.1, 0.15) is 26.7 Å². The van der Waals surface area contributed by atoms with Crippen molar-refractivity contribution in [3.05, 3.63) is 0 Å². The van der Waals surface area contributed by atoms with E-state index in [0.29, 0.717) is 0 Å². The monoisotopic (exact) mass is 175 g/mol. The number of rotatable bonds is 0. The van der Waals surface area contributed by atoms with E-state index < -0.39 is 5.25 Å². The van der Waals surface area contributed by atoms with Gasteiger partial charge in [-0.1, -0.05) is 20.3 Å². The van der Waals surface area contributed by atoms with Crippen LogP contribution in [-0.4, -0.2) is 17.1 Å². The molecule has 1 saturated heterocycles. The SMILES string of the molecule is CCC.O=C1CC(S)C(=O)N1. The molecule has 0 aliphatic carbocycles. The van der Waals surface area contributed by atoms with Crippen molar-refractivity contribution in [2.45, 2.75) is 31.9 Å². The van der Waals surface area contributed by atoms with Crippen molar-refractivity contribution in [2.24, 2.45) is 0 Å². The van der Waals surface area contributed by atoms with Crippen molar-refractivity contribution >= 4 is 24.4 Å². The Bertz CT molecular complexity index is 159. The second-order valence-corrected chi connectivity index (χ2v) is 2.96. The van der Waals surface area contributed by atoms with E-state index >= 15 is 0 Å². The van der Waals surface area contributed by atoms with Crippen LogP contribution in [-0.2, 0) is 9.59 Å². The van der Waals surface area contributed by atoms with Crippen LogP contribution >= 0.6 is 12.6 Å². The first-order chi connectivity index (χ1) is 5.11. The molecule has 0 aromatic rings. The molecule has 1 aliphatic heterocycles. The molecule has 64 valence electrons. The maximum atomic E-state index is 10.4. The smallest absolute Gasteiger partial charge is 0.239 e. The van der Waals surface area contributed by atoms with Gasteiger partial charge in [0, 0.05) is 6.42 Å². The van der Waals surface area contributed by atoms with E-state index in [4.69, 9.17) is 0 Å². The molecule has 1 unspecified atom stereocenters. The van der Waals surface area contributed by atoms with Crippen LogP contribution in [0.4, 0.5) is 0 Å². The fourth-order valence-corrected chi connectivity index (χ4v) is 0.770. The third kappa shape index (κ3) is 4.03. The first kappa shape index (κ1) is 10.5. The number of hydrogen-bond donors (Lipinski definition) is 2. The number of hydrogen-bond acceptors (Lipinski definition) is 3. The molecule has 0 saturated carbocycles. The van der Waals surface area contributed by atoms with Crippen molar-refractivity contribution in [3.63, 3.8) is 0 Å². The van der Waals surface area contributed by atoms with E-state index in [1.807, 2.05) is 0 Å². The van der Waals surface area contributed by atoms with Gasteiger partial charge in [0.1, 0.15) is 0 Å². The molecule has 4 heteroatoms. The van der Waals surface area contributed by atoms with E-state index in [1.54, 1.807) is 0 Å². The van der Waals surface area contributed by atoms with E-state index in [9.17, 15) is 9.59 Å². The van der Waals surface area contributed by atoms with Crippen molar-refractivity contribution in [3.8, 4) is 0 Å². The lowest BCUT2D eigenvalue weighted by atomic mass is 10.4. The summed E-state index contributed by atoms with van der Waals surface area (Å²) in [5.74, 6) is -0.506. The zero-order valence-electron chi connectivity index (χ0n) is 6.76. The summed E-state index contributed by atoms with van der Waals surface area (Å²) in [6, 6.07) is 0. The predicted molar refractivity (Wildman–Crippen MR) is 46.5 cm³/mol. The molecular weight excluding hydrogens is 162 g/mol. The van der Waals surface area contributed by atoms with E-state index in [2.05, 4.69) is 31.8 Å². The summed E-state index contributed by atoms with van der Waals surface area (Å²) >= 11 is 3.81. The van der Waals surface area contributed by atoms with Crippen LogP contribution in [0.5, 0.6) is 0 Å². The van der Waals surface area contributed by atoms with Gasteiger partial charge in [0.25, 0.3) is 0 Å².